The number of aromatic nitrogens is 2. The molecule has 2 heterocycles. The molecule has 0 aliphatic carbocycles. The molecule has 0 saturated heterocycles. The Labute approximate surface area is 183 Å². The molecule has 2 N–H and O–H groups in total. The Balaban J connectivity index is 1.54. The number of halogens is 2. The first-order chi connectivity index (χ1) is 15.5. The van der Waals surface area contributed by atoms with Crippen LogP contribution in [0.1, 0.15) is 16.1 Å². The summed E-state index contributed by atoms with van der Waals surface area (Å²) >= 11 is 0. The molecular weight excluding hydrogens is 416 g/mol. The second kappa shape index (κ2) is 9.57. The van der Waals surface area contributed by atoms with E-state index in [9.17, 15) is 18.7 Å². The van der Waals surface area contributed by atoms with Crippen LogP contribution in [0.3, 0.4) is 0 Å². The first-order valence-electron chi connectivity index (χ1n) is 10.1. The maximum atomic E-state index is 14.0. The van der Waals surface area contributed by atoms with Gasteiger partial charge in [0.25, 0.3) is 5.91 Å². The second-order valence-corrected chi connectivity index (χ2v) is 7.34. The summed E-state index contributed by atoms with van der Waals surface area (Å²) in [6.45, 7) is -0.229. The number of hydrogen-bond donors (Lipinski definition) is 2. The van der Waals surface area contributed by atoms with E-state index in [1.807, 2.05) is 30.3 Å². The largest absolute Gasteiger partial charge is 0.463 e. The molecule has 1 atom stereocenters. The number of hydrogen-bond acceptors (Lipinski definition) is 4. The summed E-state index contributed by atoms with van der Waals surface area (Å²) in [4.78, 5) is 13.0. The van der Waals surface area contributed by atoms with Crippen LogP contribution in [0.5, 0.6) is 0 Å². The topological polar surface area (TPSA) is 80.3 Å². The highest BCUT2D eigenvalue weighted by Crippen LogP contribution is 2.22. The molecule has 0 saturated carbocycles. The summed E-state index contributed by atoms with van der Waals surface area (Å²) in [7, 11) is 0. The molecule has 0 aliphatic rings. The molecule has 0 fully saturated rings. The SMILES string of the molecule is O=C(NC[C@H](CO)Cc1cc(F)ccc1F)c1cc(-c2ccco2)nn1-c1ccccc1. The Kier molecular flexibility index (Phi) is 6.42. The molecule has 4 rings (SSSR count). The number of nitrogens with zero attached hydrogens (tertiary/aromatic N) is 2. The van der Waals surface area contributed by atoms with Crippen LogP contribution < -0.4 is 5.32 Å². The van der Waals surface area contributed by atoms with Crippen LogP contribution in [0.2, 0.25) is 0 Å². The van der Waals surface area contributed by atoms with Crippen molar-refractivity contribution in [2.24, 2.45) is 5.92 Å². The predicted molar refractivity (Wildman–Crippen MR) is 114 cm³/mol. The van der Waals surface area contributed by atoms with Gasteiger partial charge in [0, 0.05) is 25.1 Å². The van der Waals surface area contributed by atoms with Crippen LogP contribution in [0.25, 0.3) is 17.1 Å². The standard InChI is InChI=1S/C24H21F2N3O3/c25-18-8-9-20(26)17(12-18)11-16(15-30)14-27-24(31)22-13-21(23-7-4-10-32-23)28-29(22)19-5-2-1-3-6-19/h1-10,12-13,16,30H,11,14-15H2,(H,27,31)/t16-/m1/s1. The first kappa shape index (κ1) is 21.5. The lowest BCUT2D eigenvalue weighted by Crippen LogP contribution is -2.33. The van der Waals surface area contributed by atoms with Crippen LogP contribution in [0.15, 0.2) is 77.4 Å². The van der Waals surface area contributed by atoms with Crippen molar-refractivity contribution in [1.82, 2.24) is 15.1 Å². The molecule has 164 valence electrons. The fourth-order valence-electron chi connectivity index (χ4n) is 3.39. The van der Waals surface area contributed by atoms with Crippen molar-refractivity contribution >= 4 is 5.91 Å². The summed E-state index contributed by atoms with van der Waals surface area (Å²) in [5.41, 5.74) is 1.60. The molecule has 0 bridgehead atoms. The zero-order chi connectivity index (χ0) is 22.5. The van der Waals surface area contributed by atoms with Crippen molar-refractivity contribution in [3.8, 4) is 17.1 Å². The molecule has 0 unspecified atom stereocenters. The van der Waals surface area contributed by atoms with Gasteiger partial charge in [0.15, 0.2) is 5.76 Å². The predicted octanol–water partition coefficient (Wildman–Crippen LogP) is 3.99. The summed E-state index contributed by atoms with van der Waals surface area (Å²) < 4.78 is 34.3. The summed E-state index contributed by atoms with van der Waals surface area (Å²) in [5.74, 6) is -1.51. The minimum absolute atomic E-state index is 0.0708. The fraction of sp³-hybridized carbons (Fsp3) is 0.167. The van der Waals surface area contributed by atoms with Gasteiger partial charge in [-0.05, 0) is 54.4 Å². The molecule has 6 nitrogen and oxygen atoms in total. The van der Waals surface area contributed by atoms with E-state index in [1.54, 1.807) is 18.2 Å². The summed E-state index contributed by atoms with van der Waals surface area (Å²) in [6, 6.07) is 17.4. The quantitative estimate of drug-likeness (QED) is 0.437. The molecule has 2 aromatic carbocycles. The maximum Gasteiger partial charge on any atom is 0.270 e. The number of furan rings is 1. The van der Waals surface area contributed by atoms with Gasteiger partial charge in [0.05, 0.1) is 12.0 Å². The van der Waals surface area contributed by atoms with Crippen molar-refractivity contribution in [3.05, 3.63) is 95.9 Å². The highest BCUT2D eigenvalue weighted by molar-refractivity contribution is 5.94. The molecule has 4 aromatic rings. The monoisotopic (exact) mass is 437 g/mol. The Hall–Kier alpha value is -3.78. The Morgan fingerprint density at radius 3 is 2.62 bits per heavy atom. The van der Waals surface area contributed by atoms with Gasteiger partial charge in [-0.15, -0.1) is 0 Å². The molecule has 0 spiro atoms. The van der Waals surface area contributed by atoms with Gasteiger partial charge in [-0.1, -0.05) is 18.2 Å². The van der Waals surface area contributed by atoms with Gasteiger partial charge in [0.2, 0.25) is 0 Å². The van der Waals surface area contributed by atoms with Crippen LogP contribution in [-0.2, 0) is 6.42 Å². The van der Waals surface area contributed by atoms with Crippen molar-refractivity contribution < 1.29 is 23.1 Å². The number of aliphatic hydroxyl groups excluding tert-OH is 1. The van der Waals surface area contributed by atoms with Gasteiger partial charge < -0.3 is 14.8 Å². The fourth-order valence-corrected chi connectivity index (χ4v) is 3.39. The first-order valence-corrected chi connectivity index (χ1v) is 10.1. The molecule has 8 heteroatoms. The van der Waals surface area contributed by atoms with Crippen molar-refractivity contribution in [2.45, 2.75) is 6.42 Å². The zero-order valence-corrected chi connectivity index (χ0v) is 17.0. The molecule has 0 radical (unpaired) electrons. The zero-order valence-electron chi connectivity index (χ0n) is 17.0. The Bertz CT molecular complexity index is 1190. The molecule has 32 heavy (non-hydrogen) atoms. The van der Waals surface area contributed by atoms with Crippen LogP contribution in [0, 0.1) is 17.6 Å². The normalized spacial score (nSPS) is 12.0. The van der Waals surface area contributed by atoms with Gasteiger partial charge >= 0.3 is 0 Å². The van der Waals surface area contributed by atoms with E-state index in [0.717, 1.165) is 18.2 Å². The van der Waals surface area contributed by atoms with Gasteiger partial charge in [-0.2, -0.15) is 5.10 Å². The minimum atomic E-state index is -0.556. The lowest BCUT2D eigenvalue weighted by atomic mass is 9.99. The van der Waals surface area contributed by atoms with E-state index >= 15 is 0 Å². The lowest BCUT2D eigenvalue weighted by molar-refractivity contribution is 0.0932. The average Bonchev–Trinajstić information content (AvgIpc) is 3.49. The van der Waals surface area contributed by atoms with Crippen LogP contribution >= 0.6 is 0 Å². The molecule has 1 amide bonds. The van der Waals surface area contributed by atoms with Gasteiger partial charge in [-0.25, -0.2) is 13.5 Å². The number of nitrogens with one attached hydrogen (secondary N) is 1. The highest BCUT2D eigenvalue weighted by Gasteiger charge is 2.20. The lowest BCUT2D eigenvalue weighted by Gasteiger charge is -2.16. The van der Waals surface area contributed by atoms with Crippen molar-refractivity contribution in [2.75, 3.05) is 13.2 Å². The number of carbonyl (C=O) groups is 1. The average molecular weight is 437 g/mol. The highest BCUT2D eigenvalue weighted by atomic mass is 19.1. The number of benzene rings is 2. The number of aliphatic hydroxyl groups is 1. The summed E-state index contributed by atoms with van der Waals surface area (Å²) in [5, 5.41) is 17.0. The number of rotatable bonds is 8. The van der Waals surface area contributed by atoms with Crippen LogP contribution in [0.4, 0.5) is 8.78 Å². The van der Waals surface area contributed by atoms with E-state index in [-0.39, 0.29) is 30.8 Å². The minimum Gasteiger partial charge on any atom is -0.463 e. The van der Waals surface area contributed by atoms with E-state index in [0.29, 0.717) is 17.1 Å². The second-order valence-electron chi connectivity index (χ2n) is 7.34. The van der Waals surface area contributed by atoms with E-state index in [2.05, 4.69) is 10.4 Å². The van der Waals surface area contributed by atoms with Crippen molar-refractivity contribution in [3.63, 3.8) is 0 Å². The van der Waals surface area contributed by atoms with E-state index in [4.69, 9.17) is 4.42 Å². The third-order valence-corrected chi connectivity index (χ3v) is 5.04. The molecule has 2 aromatic heterocycles. The third-order valence-electron chi connectivity index (χ3n) is 5.04. The number of amides is 1. The van der Waals surface area contributed by atoms with Gasteiger partial charge in [-0.3, -0.25) is 4.79 Å². The van der Waals surface area contributed by atoms with Gasteiger partial charge in [0.1, 0.15) is 23.0 Å². The summed E-state index contributed by atoms with van der Waals surface area (Å²) in [6.07, 6.45) is 1.60. The van der Waals surface area contributed by atoms with Crippen LogP contribution in [-0.4, -0.2) is 33.9 Å². The van der Waals surface area contributed by atoms with E-state index < -0.39 is 23.5 Å². The van der Waals surface area contributed by atoms with Crippen molar-refractivity contribution in [1.29, 1.82) is 0 Å². The Morgan fingerprint density at radius 2 is 1.91 bits per heavy atom. The van der Waals surface area contributed by atoms with E-state index in [1.165, 1.54) is 10.9 Å². The maximum absolute atomic E-state index is 14.0. The Morgan fingerprint density at radius 1 is 1.09 bits per heavy atom. The molecule has 0 aliphatic heterocycles. The smallest absolute Gasteiger partial charge is 0.270 e. The third kappa shape index (κ3) is 4.76. The molecular formula is C24H21F2N3O3. The number of para-hydroxylation sites is 1. The number of carbonyl (C=O) groups excluding carboxylic acids is 1.